The fourth-order valence-electron chi connectivity index (χ4n) is 4.46. The van der Waals surface area contributed by atoms with Crippen LogP contribution in [0.15, 0.2) is 24.3 Å². The first-order chi connectivity index (χ1) is 14.6. The highest BCUT2D eigenvalue weighted by atomic mass is 16.5. The summed E-state index contributed by atoms with van der Waals surface area (Å²) in [7, 11) is 0. The molecule has 2 rings (SSSR count). The third-order valence-electron chi connectivity index (χ3n) is 6.43. The third kappa shape index (κ3) is 7.63. The minimum atomic E-state index is -0.838. The van der Waals surface area contributed by atoms with E-state index in [2.05, 4.69) is 12.8 Å². The second kappa shape index (κ2) is 13.3. The highest BCUT2D eigenvalue weighted by Gasteiger charge is 2.24. The van der Waals surface area contributed by atoms with E-state index in [1.165, 1.54) is 63.4 Å². The maximum Gasteiger partial charge on any atom is 0.338 e. The van der Waals surface area contributed by atoms with E-state index in [-0.39, 0.29) is 0 Å². The average molecular weight is 411 g/mol. The summed E-state index contributed by atoms with van der Waals surface area (Å²) in [6, 6.07) is 7.75. The van der Waals surface area contributed by atoms with Gasteiger partial charge >= 0.3 is 5.97 Å². The minimum absolute atomic E-state index is 0.458. The van der Waals surface area contributed by atoms with Crippen LogP contribution in [0.2, 0.25) is 0 Å². The molecule has 1 atom stereocenters. The first-order valence-electron chi connectivity index (χ1n) is 11.9. The lowest BCUT2D eigenvalue weighted by Gasteiger charge is -2.29. The van der Waals surface area contributed by atoms with Crippen LogP contribution in [0.25, 0.3) is 0 Å². The molecule has 0 bridgehead atoms. The van der Waals surface area contributed by atoms with Gasteiger partial charge in [-0.25, -0.2) is 4.79 Å². The predicted octanol–water partition coefficient (Wildman–Crippen LogP) is 6.85. The van der Waals surface area contributed by atoms with Gasteiger partial charge in [-0.05, 0) is 74.0 Å². The lowest BCUT2D eigenvalue weighted by atomic mass is 9.77. The Balaban J connectivity index is 1.85. The van der Waals surface area contributed by atoms with Crippen LogP contribution in [0.1, 0.15) is 113 Å². The molecule has 1 aromatic carbocycles. The number of hydrogen-bond donors (Lipinski definition) is 0. The molecule has 1 unspecified atom stereocenters. The summed E-state index contributed by atoms with van der Waals surface area (Å²) < 4.78 is 5.41. The van der Waals surface area contributed by atoms with Crippen LogP contribution in [-0.4, -0.2) is 17.9 Å². The lowest BCUT2D eigenvalue weighted by molar-refractivity contribution is -0.122. The van der Waals surface area contributed by atoms with Crippen molar-refractivity contribution >= 4 is 11.8 Å². The summed E-state index contributed by atoms with van der Waals surface area (Å²) in [4.78, 5) is 24.3. The van der Waals surface area contributed by atoms with Gasteiger partial charge in [0, 0.05) is 0 Å². The smallest absolute Gasteiger partial charge is 0.338 e. The highest BCUT2D eigenvalue weighted by molar-refractivity contribution is 6.00. The molecule has 0 aliphatic heterocycles. The molecule has 1 fully saturated rings. The Morgan fingerprint density at radius 1 is 1.00 bits per heavy atom. The molecule has 1 aromatic rings. The molecule has 1 saturated carbocycles. The number of Topliss-reactive ketones (excluding diaryl/α,β-unsaturated/α-hetero) is 1. The SMILES string of the molecule is C#CC(=O)C(CCCC)OC(=O)c1ccc(C2CCC(CCCCCC)CC2)cc1. The number of carbonyl (C=O) groups is 2. The first-order valence-corrected chi connectivity index (χ1v) is 11.9. The minimum Gasteiger partial charge on any atom is -0.450 e. The van der Waals surface area contributed by atoms with Crippen LogP contribution in [0, 0.1) is 18.3 Å². The van der Waals surface area contributed by atoms with Crippen molar-refractivity contribution in [3.05, 3.63) is 35.4 Å². The molecule has 3 nitrogen and oxygen atoms in total. The van der Waals surface area contributed by atoms with Crippen LogP contribution in [0.4, 0.5) is 0 Å². The van der Waals surface area contributed by atoms with Crippen molar-refractivity contribution in [3.63, 3.8) is 0 Å². The zero-order valence-corrected chi connectivity index (χ0v) is 18.8. The standard InChI is InChI=1S/C27H38O3/c1-4-7-9-10-11-21-13-15-22(16-14-21)23-17-19-24(20-18-23)27(29)30-26(12-8-5-2)25(28)6-3/h3,17-22,26H,4-5,7-16H2,1-2H3. The quantitative estimate of drug-likeness (QED) is 0.164. The van der Waals surface area contributed by atoms with Crippen LogP contribution >= 0.6 is 0 Å². The van der Waals surface area contributed by atoms with E-state index in [4.69, 9.17) is 11.2 Å². The number of rotatable bonds is 12. The van der Waals surface area contributed by atoms with Crippen molar-refractivity contribution in [2.24, 2.45) is 5.92 Å². The Kier molecular flexibility index (Phi) is 10.7. The summed E-state index contributed by atoms with van der Waals surface area (Å²) >= 11 is 0. The molecule has 30 heavy (non-hydrogen) atoms. The van der Waals surface area contributed by atoms with Gasteiger partial charge in [-0.1, -0.05) is 64.5 Å². The van der Waals surface area contributed by atoms with Gasteiger partial charge in [-0.15, -0.1) is 6.42 Å². The van der Waals surface area contributed by atoms with Gasteiger partial charge in [-0.2, -0.15) is 0 Å². The molecule has 3 heteroatoms. The van der Waals surface area contributed by atoms with E-state index in [9.17, 15) is 9.59 Å². The van der Waals surface area contributed by atoms with E-state index in [1.807, 2.05) is 31.2 Å². The Labute approximate surface area is 183 Å². The number of unbranched alkanes of at least 4 members (excludes halogenated alkanes) is 4. The Bertz CT molecular complexity index is 690. The molecule has 0 spiro atoms. The Morgan fingerprint density at radius 2 is 1.67 bits per heavy atom. The average Bonchev–Trinajstić information content (AvgIpc) is 2.79. The van der Waals surface area contributed by atoms with Crippen molar-refractivity contribution in [2.75, 3.05) is 0 Å². The highest BCUT2D eigenvalue weighted by Crippen LogP contribution is 2.37. The molecule has 0 saturated heterocycles. The van der Waals surface area contributed by atoms with Crippen molar-refractivity contribution in [1.29, 1.82) is 0 Å². The number of ether oxygens (including phenoxy) is 1. The summed E-state index contributed by atoms with van der Waals surface area (Å²) in [6.07, 6.45) is 18.5. The fourth-order valence-corrected chi connectivity index (χ4v) is 4.46. The molecular formula is C27H38O3. The summed E-state index contributed by atoms with van der Waals surface area (Å²) in [5.41, 5.74) is 1.79. The molecule has 0 N–H and O–H groups in total. The van der Waals surface area contributed by atoms with Crippen molar-refractivity contribution in [3.8, 4) is 12.3 Å². The fraction of sp³-hybridized carbons (Fsp3) is 0.630. The number of hydrogen-bond acceptors (Lipinski definition) is 3. The van der Waals surface area contributed by atoms with Crippen molar-refractivity contribution in [1.82, 2.24) is 0 Å². The third-order valence-corrected chi connectivity index (χ3v) is 6.43. The van der Waals surface area contributed by atoms with Gasteiger partial charge in [-0.3, -0.25) is 4.79 Å². The number of carbonyl (C=O) groups excluding carboxylic acids is 2. The largest absolute Gasteiger partial charge is 0.450 e. The summed E-state index contributed by atoms with van der Waals surface area (Å²) in [5, 5.41) is 0. The second-order valence-corrected chi connectivity index (χ2v) is 8.73. The molecule has 164 valence electrons. The predicted molar refractivity (Wildman–Crippen MR) is 122 cm³/mol. The maximum atomic E-state index is 12.5. The van der Waals surface area contributed by atoms with Gasteiger partial charge in [0.2, 0.25) is 5.78 Å². The van der Waals surface area contributed by atoms with Crippen LogP contribution in [0.3, 0.4) is 0 Å². The van der Waals surface area contributed by atoms with Crippen LogP contribution in [0.5, 0.6) is 0 Å². The number of esters is 1. The molecule has 0 radical (unpaired) electrons. The monoisotopic (exact) mass is 410 g/mol. The van der Waals surface area contributed by atoms with E-state index < -0.39 is 17.9 Å². The number of terminal acetylenes is 1. The normalized spacial score (nSPS) is 19.6. The molecule has 0 heterocycles. The van der Waals surface area contributed by atoms with E-state index >= 15 is 0 Å². The summed E-state index contributed by atoms with van der Waals surface area (Å²) in [5.74, 6) is 2.64. The molecule has 0 amide bonds. The second-order valence-electron chi connectivity index (χ2n) is 8.73. The van der Waals surface area contributed by atoms with E-state index in [0.29, 0.717) is 17.9 Å². The van der Waals surface area contributed by atoms with E-state index in [0.717, 1.165) is 18.8 Å². The summed E-state index contributed by atoms with van der Waals surface area (Å²) in [6.45, 7) is 4.29. The topological polar surface area (TPSA) is 43.4 Å². The number of benzene rings is 1. The van der Waals surface area contributed by atoms with Gasteiger partial charge < -0.3 is 4.74 Å². The van der Waals surface area contributed by atoms with Crippen molar-refractivity contribution < 1.29 is 14.3 Å². The van der Waals surface area contributed by atoms with Crippen LogP contribution in [-0.2, 0) is 9.53 Å². The van der Waals surface area contributed by atoms with Crippen LogP contribution < -0.4 is 0 Å². The zero-order chi connectivity index (χ0) is 21.8. The lowest BCUT2D eigenvalue weighted by Crippen LogP contribution is -2.26. The van der Waals surface area contributed by atoms with Crippen molar-refractivity contribution in [2.45, 2.75) is 103 Å². The van der Waals surface area contributed by atoms with E-state index in [1.54, 1.807) is 0 Å². The molecule has 0 aromatic heterocycles. The van der Waals surface area contributed by atoms with Gasteiger partial charge in [0.1, 0.15) is 0 Å². The molecular weight excluding hydrogens is 372 g/mol. The van der Waals surface area contributed by atoms with Gasteiger partial charge in [0.15, 0.2) is 6.10 Å². The Morgan fingerprint density at radius 3 is 2.27 bits per heavy atom. The number of ketones is 1. The molecule has 1 aliphatic carbocycles. The van der Waals surface area contributed by atoms with Gasteiger partial charge in [0.05, 0.1) is 5.56 Å². The van der Waals surface area contributed by atoms with Gasteiger partial charge in [0.25, 0.3) is 0 Å². The zero-order valence-electron chi connectivity index (χ0n) is 18.8. The Hall–Kier alpha value is -2.08. The molecule has 1 aliphatic rings. The maximum absolute atomic E-state index is 12.5. The first kappa shape index (κ1) is 24.2.